The molecule has 0 saturated carbocycles. The lowest BCUT2D eigenvalue weighted by Gasteiger charge is -2.13. The van der Waals surface area contributed by atoms with Crippen molar-refractivity contribution in [3.05, 3.63) is 30.2 Å². The predicted molar refractivity (Wildman–Crippen MR) is 69.6 cm³/mol. The molecule has 1 aromatic heterocycles. The molecule has 2 rings (SSSR count). The van der Waals surface area contributed by atoms with Gasteiger partial charge in [0.25, 0.3) is 0 Å². The average molecular weight is 322 g/mol. The molecular weight excluding hydrogens is 311 g/mol. The molecule has 0 bridgehead atoms. The van der Waals surface area contributed by atoms with Crippen LogP contribution in [0.1, 0.15) is 5.69 Å². The smallest absolute Gasteiger partial charge is 0.422 e. The van der Waals surface area contributed by atoms with Gasteiger partial charge in [-0.3, -0.25) is 0 Å². The van der Waals surface area contributed by atoms with Crippen LogP contribution in [0.3, 0.4) is 0 Å². The van der Waals surface area contributed by atoms with Gasteiger partial charge in [0.1, 0.15) is 6.26 Å². The molecule has 0 amide bonds. The molecule has 0 N–H and O–H groups in total. The van der Waals surface area contributed by atoms with Crippen molar-refractivity contribution < 1.29 is 27.1 Å². The second-order valence-corrected chi connectivity index (χ2v) is 4.31. The quantitative estimate of drug-likeness (QED) is 0.780. The zero-order valence-electron chi connectivity index (χ0n) is 10.9. The first kappa shape index (κ1) is 15.5. The largest absolute Gasteiger partial charge is 0.493 e. The van der Waals surface area contributed by atoms with Crippen LogP contribution in [0, 0.1) is 0 Å². The highest BCUT2D eigenvalue weighted by Crippen LogP contribution is 2.33. The van der Waals surface area contributed by atoms with Crippen LogP contribution in [-0.2, 0) is 5.88 Å². The second kappa shape index (κ2) is 6.26. The van der Waals surface area contributed by atoms with Crippen molar-refractivity contribution in [2.75, 3.05) is 13.7 Å². The highest BCUT2D eigenvalue weighted by Gasteiger charge is 2.29. The van der Waals surface area contributed by atoms with Gasteiger partial charge in [0.2, 0.25) is 5.89 Å². The number of oxazole rings is 1. The Bertz CT molecular complexity index is 613. The van der Waals surface area contributed by atoms with Crippen LogP contribution < -0.4 is 9.47 Å². The van der Waals surface area contributed by atoms with E-state index < -0.39 is 12.8 Å². The molecule has 0 aliphatic heterocycles. The number of halogens is 4. The third-order valence-corrected chi connectivity index (χ3v) is 2.76. The van der Waals surface area contributed by atoms with Crippen molar-refractivity contribution in [2.45, 2.75) is 12.1 Å². The number of aromatic nitrogens is 1. The van der Waals surface area contributed by atoms with Crippen LogP contribution in [0.2, 0.25) is 0 Å². The average Bonchev–Trinajstić information content (AvgIpc) is 2.93. The van der Waals surface area contributed by atoms with Gasteiger partial charge in [-0.15, -0.1) is 11.6 Å². The normalized spacial score (nSPS) is 11.5. The van der Waals surface area contributed by atoms with Crippen LogP contribution in [0.4, 0.5) is 13.2 Å². The summed E-state index contributed by atoms with van der Waals surface area (Å²) in [7, 11) is 1.34. The molecule has 0 fully saturated rings. The molecular formula is C13H11ClF3NO3. The molecule has 0 unspecified atom stereocenters. The van der Waals surface area contributed by atoms with E-state index in [0.717, 1.165) is 0 Å². The summed E-state index contributed by atoms with van der Waals surface area (Å²) in [6.45, 7) is -1.41. The van der Waals surface area contributed by atoms with Gasteiger partial charge in [-0.1, -0.05) is 0 Å². The summed E-state index contributed by atoms with van der Waals surface area (Å²) in [5, 5.41) is 0. The van der Waals surface area contributed by atoms with Gasteiger partial charge in [0, 0.05) is 5.56 Å². The summed E-state index contributed by atoms with van der Waals surface area (Å²) in [6.07, 6.45) is -3.06. The van der Waals surface area contributed by atoms with Crippen molar-refractivity contribution in [1.82, 2.24) is 4.98 Å². The standard InChI is InChI=1S/C13H11ClF3NO3/c1-19-10-3-2-8(12-18-9(5-14)6-20-12)4-11(10)21-7-13(15,16)17/h2-4,6H,5,7H2,1H3. The minimum atomic E-state index is -4.43. The van der Waals surface area contributed by atoms with Gasteiger partial charge in [0.15, 0.2) is 18.1 Å². The van der Waals surface area contributed by atoms with Crippen molar-refractivity contribution in [3.8, 4) is 23.0 Å². The fraction of sp³-hybridized carbons (Fsp3) is 0.308. The maximum Gasteiger partial charge on any atom is 0.422 e. The predicted octanol–water partition coefficient (Wildman–Crippen LogP) is 4.03. The minimum Gasteiger partial charge on any atom is -0.493 e. The van der Waals surface area contributed by atoms with E-state index in [4.69, 9.17) is 25.5 Å². The third-order valence-electron chi connectivity index (χ3n) is 2.49. The van der Waals surface area contributed by atoms with Gasteiger partial charge in [-0.05, 0) is 18.2 Å². The van der Waals surface area contributed by atoms with Crippen LogP contribution >= 0.6 is 11.6 Å². The number of benzene rings is 1. The SMILES string of the molecule is COc1ccc(-c2nc(CCl)co2)cc1OCC(F)(F)F. The van der Waals surface area contributed by atoms with E-state index in [1.165, 1.54) is 25.5 Å². The molecule has 114 valence electrons. The molecule has 1 aromatic carbocycles. The summed E-state index contributed by atoms with van der Waals surface area (Å²) < 4.78 is 51.6. The molecule has 8 heteroatoms. The Labute approximate surface area is 123 Å². The van der Waals surface area contributed by atoms with Crippen molar-refractivity contribution in [3.63, 3.8) is 0 Å². The van der Waals surface area contributed by atoms with E-state index in [0.29, 0.717) is 11.3 Å². The maximum atomic E-state index is 12.2. The Kier molecular flexibility index (Phi) is 4.62. The first-order valence-corrected chi connectivity index (χ1v) is 6.34. The Balaban J connectivity index is 2.28. The molecule has 0 spiro atoms. The van der Waals surface area contributed by atoms with Crippen molar-refractivity contribution >= 4 is 11.6 Å². The number of methoxy groups -OCH3 is 1. The zero-order valence-corrected chi connectivity index (χ0v) is 11.7. The Morgan fingerprint density at radius 2 is 2.05 bits per heavy atom. The maximum absolute atomic E-state index is 12.2. The third kappa shape index (κ3) is 4.04. The summed E-state index contributed by atoms with van der Waals surface area (Å²) in [5.74, 6) is 0.562. The topological polar surface area (TPSA) is 44.5 Å². The zero-order chi connectivity index (χ0) is 15.5. The Hall–Kier alpha value is -1.89. The van der Waals surface area contributed by atoms with Crippen LogP contribution in [0.15, 0.2) is 28.9 Å². The molecule has 0 atom stereocenters. The van der Waals surface area contributed by atoms with Crippen LogP contribution in [-0.4, -0.2) is 24.9 Å². The lowest BCUT2D eigenvalue weighted by atomic mass is 10.2. The van der Waals surface area contributed by atoms with E-state index in [-0.39, 0.29) is 23.3 Å². The molecule has 0 aliphatic carbocycles. The first-order valence-electron chi connectivity index (χ1n) is 5.81. The lowest BCUT2D eigenvalue weighted by Crippen LogP contribution is -2.19. The molecule has 0 aliphatic rings. The van der Waals surface area contributed by atoms with Crippen LogP contribution in [0.5, 0.6) is 11.5 Å². The highest BCUT2D eigenvalue weighted by atomic mass is 35.5. The van der Waals surface area contributed by atoms with E-state index >= 15 is 0 Å². The number of hydrogen-bond acceptors (Lipinski definition) is 4. The molecule has 21 heavy (non-hydrogen) atoms. The lowest BCUT2D eigenvalue weighted by molar-refractivity contribution is -0.153. The highest BCUT2D eigenvalue weighted by molar-refractivity contribution is 6.16. The summed E-state index contributed by atoms with van der Waals surface area (Å²) in [6, 6.07) is 4.45. The van der Waals surface area contributed by atoms with Gasteiger partial charge in [0.05, 0.1) is 18.7 Å². The van der Waals surface area contributed by atoms with Gasteiger partial charge in [-0.25, -0.2) is 4.98 Å². The Morgan fingerprint density at radius 3 is 2.62 bits per heavy atom. The Morgan fingerprint density at radius 1 is 1.29 bits per heavy atom. The first-order chi connectivity index (χ1) is 9.93. The van der Waals surface area contributed by atoms with Gasteiger partial charge < -0.3 is 13.9 Å². The molecule has 0 radical (unpaired) electrons. The second-order valence-electron chi connectivity index (χ2n) is 4.05. The molecule has 1 heterocycles. The number of ether oxygens (including phenoxy) is 2. The van der Waals surface area contributed by atoms with Crippen LogP contribution in [0.25, 0.3) is 11.5 Å². The fourth-order valence-electron chi connectivity index (χ4n) is 1.58. The molecule has 2 aromatic rings. The number of alkyl halides is 4. The minimum absolute atomic E-state index is 0.0436. The van der Waals surface area contributed by atoms with E-state index in [1.54, 1.807) is 6.07 Å². The van der Waals surface area contributed by atoms with E-state index in [9.17, 15) is 13.2 Å². The van der Waals surface area contributed by atoms with Crippen molar-refractivity contribution in [1.29, 1.82) is 0 Å². The number of nitrogens with zero attached hydrogens (tertiary/aromatic N) is 1. The summed E-state index contributed by atoms with van der Waals surface area (Å²) in [4.78, 5) is 4.09. The molecule has 0 saturated heterocycles. The monoisotopic (exact) mass is 321 g/mol. The number of hydrogen-bond donors (Lipinski definition) is 0. The summed E-state index contributed by atoms with van der Waals surface area (Å²) >= 11 is 5.61. The van der Waals surface area contributed by atoms with Gasteiger partial charge in [-0.2, -0.15) is 13.2 Å². The van der Waals surface area contributed by atoms with E-state index in [1.807, 2.05) is 0 Å². The van der Waals surface area contributed by atoms with E-state index in [2.05, 4.69) is 4.98 Å². The fourth-order valence-corrected chi connectivity index (χ4v) is 1.71. The summed E-state index contributed by atoms with van der Waals surface area (Å²) in [5.41, 5.74) is 0.990. The molecule has 4 nitrogen and oxygen atoms in total. The van der Waals surface area contributed by atoms with Crippen molar-refractivity contribution in [2.24, 2.45) is 0 Å². The number of rotatable bonds is 5. The van der Waals surface area contributed by atoms with Gasteiger partial charge >= 0.3 is 6.18 Å².